The van der Waals surface area contributed by atoms with Crippen molar-refractivity contribution >= 4 is 12.2 Å². The highest BCUT2D eigenvalue weighted by Crippen LogP contribution is 2.04. The van der Waals surface area contributed by atoms with E-state index in [9.17, 15) is 4.79 Å². The predicted octanol–water partition coefficient (Wildman–Crippen LogP) is 1.28. The van der Waals surface area contributed by atoms with E-state index in [2.05, 4.69) is 9.89 Å². The molecule has 0 saturated heterocycles. The van der Waals surface area contributed by atoms with Gasteiger partial charge in [0.05, 0.1) is 18.9 Å². The van der Waals surface area contributed by atoms with Gasteiger partial charge < -0.3 is 9.94 Å². The second-order valence-electron chi connectivity index (χ2n) is 2.36. The van der Waals surface area contributed by atoms with E-state index in [0.29, 0.717) is 11.1 Å². The van der Waals surface area contributed by atoms with Crippen molar-refractivity contribution in [2.75, 3.05) is 7.11 Å². The molecule has 1 N–H and O–H groups in total. The molecule has 0 fully saturated rings. The minimum atomic E-state index is -0.409. The number of hydrogen-bond donors (Lipinski definition) is 1. The second kappa shape index (κ2) is 4.25. The lowest BCUT2D eigenvalue weighted by Gasteiger charge is -1.98. The Labute approximate surface area is 75.4 Å². The zero-order valence-electron chi connectivity index (χ0n) is 7.10. The van der Waals surface area contributed by atoms with Gasteiger partial charge in [-0.3, -0.25) is 0 Å². The molecule has 0 aliphatic rings. The molecule has 0 spiro atoms. The number of carbonyl (C=O) groups excluding carboxylic acids is 1. The lowest BCUT2D eigenvalue weighted by atomic mass is 10.1. The van der Waals surface area contributed by atoms with Crippen LogP contribution in [0.25, 0.3) is 0 Å². The number of methoxy groups -OCH3 is 1. The molecule has 0 radical (unpaired) electrons. The zero-order chi connectivity index (χ0) is 9.68. The first kappa shape index (κ1) is 9.25. The Kier molecular flexibility index (Phi) is 3.03. The summed E-state index contributed by atoms with van der Waals surface area (Å²) in [5, 5.41) is 11.1. The van der Waals surface area contributed by atoms with Gasteiger partial charge in [-0.1, -0.05) is 17.3 Å². The molecule has 0 heterocycles. The molecule has 0 amide bonds. The maximum Gasteiger partial charge on any atom is 0.337 e. The van der Waals surface area contributed by atoms with Crippen LogP contribution in [0, 0.1) is 0 Å². The molecule has 0 bridgehead atoms. The van der Waals surface area contributed by atoms with Crippen molar-refractivity contribution in [3.05, 3.63) is 35.4 Å². The van der Waals surface area contributed by atoms with Crippen molar-refractivity contribution in [2.24, 2.45) is 5.16 Å². The fourth-order valence-corrected chi connectivity index (χ4v) is 0.930. The summed E-state index contributed by atoms with van der Waals surface area (Å²) in [7, 11) is 1.31. The van der Waals surface area contributed by atoms with E-state index in [1.807, 2.05) is 0 Å². The van der Waals surface area contributed by atoms with Crippen LogP contribution in [0.2, 0.25) is 0 Å². The summed E-state index contributed by atoms with van der Waals surface area (Å²) in [5.74, 6) is -0.409. The number of hydrogen-bond acceptors (Lipinski definition) is 4. The van der Waals surface area contributed by atoms with Gasteiger partial charge in [0.25, 0.3) is 0 Å². The van der Waals surface area contributed by atoms with Gasteiger partial charge in [-0.2, -0.15) is 0 Å². The van der Waals surface area contributed by atoms with Gasteiger partial charge in [0.15, 0.2) is 0 Å². The molecule has 68 valence electrons. The molecular weight excluding hydrogens is 170 g/mol. The molecule has 13 heavy (non-hydrogen) atoms. The van der Waals surface area contributed by atoms with E-state index in [0.717, 1.165) is 0 Å². The highest BCUT2D eigenvalue weighted by atomic mass is 16.5. The van der Waals surface area contributed by atoms with Crippen molar-refractivity contribution in [3.63, 3.8) is 0 Å². The molecule has 0 unspecified atom stereocenters. The van der Waals surface area contributed by atoms with Gasteiger partial charge in [-0.15, -0.1) is 0 Å². The molecule has 0 saturated carbocycles. The Hall–Kier alpha value is -1.84. The van der Waals surface area contributed by atoms with Gasteiger partial charge in [0.2, 0.25) is 0 Å². The zero-order valence-corrected chi connectivity index (χ0v) is 7.10. The number of oxime groups is 1. The Morgan fingerprint density at radius 1 is 1.62 bits per heavy atom. The molecule has 1 rings (SSSR count). The lowest BCUT2D eigenvalue weighted by molar-refractivity contribution is 0.0600. The van der Waals surface area contributed by atoms with Crippen LogP contribution in [0.4, 0.5) is 0 Å². The first-order valence-corrected chi connectivity index (χ1v) is 3.63. The number of carbonyl (C=O) groups is 1. The molecule has 0 aliphatic heterocycles. The first-order valence-electron chi connectivity index (χ1n) is 3.63. The van der Waals surface area contributed by atoms with Gasteiger partial charge in [0.1, 0.15) is 0 Å². The van der Waals surface area contributed by atoms with Crippen LogP contribution in [0.5, 0.6) is 0 Å². The van der Waals surface area contributed by atoms with Gasteiger partial charge in [-0.05, 0) is 17.7 Å². The number of esters is 1. The van der Waals surface area contributed by atoms with Crippen LogP contribution in [0.15, 0.2) is 29.4 Å². The SMILES string of the molecule is COC(=O)c1cccc(/C=N/O)c1. The van der Waals surface area contributed by atoms with Gasteiger partial charge in [0, 0.05) is 0 Å². The van der Waals surface area contributed by atoms with Crippen molar-refractivity contribution < 1.29 is 14.7 Å². The molecule has 0 aromatic heterocycles. The van der Waals surface area contributed by atoms with E-state index < -0.39 is 5.97 Å². The average Bonchev–Trinajstić information content (AvgIpc) is 2.18. The van der Waals surface area contributed by atoms with Crippen LogP contribution < -0.4 is 0 Å². The molecule has 1 aromatic rings. The number of benzene rings is 1. The lowest BCUT2D eigenvalue weighted by Crippen LogP contribution is -2.01. The minimum Gasteiger partial charge on any atom is -0.465 e. The van der Waals surface area contributed by atoms with Crippen LogP contribution in [-0.4, -0.2) is 24.5 Å². The second-order valence-corrected chi connectivity index (χ2v) is 2.36. The molecule has 1 aromatic carbocycles. The standard InChI is InChI=1S/C9H9NO3/c1-13-9(11)8-4-2-3-7(5-8)6-10-12/h2-6,12H,1H3/b10-6+. The number of nitrogens with zero attached hydrogens (tertiary/aromatic N) is 1. The summed E-state index contributed by atoms with van der Waals surface area (Å²) in [5.41, 5.74) is 1.07. The molecule has 0 atom stereocenters. The first-order chi connectivity index (χ1) is 6.27. The van der Waals surface area contributed by atoms with E-state index in [1.165, 1.54) is 13.3 Å². The number of ether oxygens (including phenoxy) is 1. The fraction of sp³-hybridized carbons (Fsp3) is 0.111. The van der Waals surface area contributed by atoms with Crippen molar-refractivity contribution in [1.29, 1.82) is 0 Å². The van der Waals surface area contributed by atoms with Crippen molar-refractivity contribution in [1.82, 2.24) is 0 Å². The Bertz CT molecular complexity index is 333. The van der Waals surface area contributed by atoms with Crippen LogP contribution in [-0.2, 0) is 4.74 Å². The average molecular weight is 179 g/mol. The highest BCUT2D eigenvalue weighted by molar-refractivity contribution is 5.92. The monoisotopic (exact) mass is 179 g/mol. The third-order valence-electron chi connectivity index (χ3n) is 1.51. The minimum absolute atomic E-state index is 0.409. The highest BCUT2D eigenvalue weighted by Gasteiger charge is 2.03. The van der Waals surface area contributed by atoms with E-state index in [-0.39, 0.29) is 0 Å². The topological polar surface area (TPSA) is 58.9 Å². The number of rotatable bonds is 2. The normalized spacial score (nSPS) is 10.2. The molecule has 0 aliphatic carbocycles. The summed E-state index contributed by atoms with van der Waals surface area (Å²) in [6, 6.07) is 6.60. The van der Waals surface area contributed by atoms with Gasteiger partial charge in [-0.25, -0.2) is 4.79 Å². The Balaban J connectivity index is 2.98. The van der Waals surface area contributed by atoms with Crippen molar-refractivity contribution in [2.45, 2.75) is 0 Å². The van der Waals surface area contributed by atoms with E-state index in [1.54, 1.807) is 24.3 Å². The van der Waals surface area contributed by atoms with Gasteiger partial charge >= 0.3 is 5.97 Å². The Morgan fingerprint density at radius 3 is 3.00 bits per heavy atom. The maximum absolute atomic E-state index is 11.0. The summed E-state index contributed by atoms with van der Waals surface area (Å²) >= 11 is 0. The van der Waals surface area contributed by atoms with Crippen LogP contribution >= 0.6 is 0 Å². The smallest absolute Gasteiger partial charge is 0.337 e. The van der Waals surface area contributed by atoms with E-state index >= 15 is 0 Å². The molecule has 4 heteroatoms. The summed E-state index contributed by atoms with van der Waals surface area (Å²) in [6.07, 6.45) is 1.24. The predicted molar refractivity (Wildman–Crippen MR) is 47.2 cm³/mol. The molecule has 4 nitrogen and oxygen atoms in total. The fourth-order valence-electron chi connectivity index (χ4n) is 0.930. The van der Waals surface area contributed by atoms with E-state index in [4.69, 9.17) is 5.21 Å². The van der Waals surface area contributed by atoms with Crippen LogP contribution in [0.3, 0.4) is 0 Å². The summed E-state index contributed by atoms with van der Waals surface area (Å²) in [4.78, 5) is 11.0. The van der Waals surface area contributed by atoms with Crippen molar-refractivity contribution in [3.8, 4) is 0 Å². The third-order valence-corrected chi connectivity index (χ3v) is 1.51. The maximum atomic E-state index is 11.0. The summed E-state index contributed by atoms with van der Waals surface area (Å²) < 4.78 is 4.52. The van der Waals surface area contributed by atoms with Crippen LogP contribution in [0.1, 0.15) is 15.9 Å². The largest absolute Gasteiger partial charge is 0.465 e. The third kappa shape index (κ3) is 2.30. The Morgan fingerprint density at radius 2 is 2.38 bits per heavy atom. The molecular formula is C9H9NO3. The quantitative estimate of drug-likeness (QED) is 0.322. The summed E-state index contributed by atoms with van der Waals surface area (Å²) in [6.45, 7) is 0.